The summed E-state index contributed by atoms with van der Waals surface area (Å²) >= 11 is 1.03. The molecule has 0 saturated heterocycles. The van der Waals surface area contributed by atoms with Crippen LogP contribution in [0.5, 0.6) is 0 Å². The number of nitriles is 1. The van der Waals surface area contributed by atoms with Crippen molar-refractivity contribution in [3.8, 4) is 6.07 Å². The number of aromatic nitrogens is 2. The molecule has 0 saturated carbocycles. The number of amides is 3. The van der Waals surface area contributed by atoms with Gasteiger partial charge in [-0.15, -0.1) is 10.2 Å². The molecule has 30 heavy (non-hydrogen) atoms. The van der Waals surface area contributed by atoms with E-state index in [1.807, 2.05) is 12.1 Å². The highest BCUT2D eigenvalue weighted by Crippen LogP contribution is 2.26. The molecule has 146 valence electrons. The van der Waals surface area contributed by atoms with Crippen molar-refractivity contribution >= 4 is 40.3 Å². The molecule has 1 aliphatic rings. The Morgan fingerprint density at radius 1 is 1.03 bits per heavy atom. The van der Waals surface area contributed by atoms with Crippen molar-refractivity contribution in [3.05, 3.63) is 81.9 Å². The van der Waals surface area contributed by atoms with E-state index in [-0.39, 0.29) is 17.2 Å². The third-order valence-corrected chi connectivity index (χ3v) is 5.16. The summed E-state index contributed by atoms with van der Waals surface area (Å²) in [6.45, 7) is -0.0507. The monoisotopic (exact) mass is 415 g/mol. The molecule has 2 aromatic carbocycles. The normalized spacial score (nSPS) is 13.2. The Labute approximate surface area is 175 Å². The molecule has 0 spiro atoms. The maximum Gasteiger partial charge on any atom is 0.268 e. The van der Waals surface area contributed by atoms with Crippen LogP contribution in [0.2, 0.25) is 0 Å². The summed E-state index contributed by atoms with van der Waals surface area (Å²) in [5.74, 6) is -1.41. The fraction of sp³-hybridized carbons (Fsp3) is 0.0476. The van der Waals surface area contributed by atoms with Gasteiger partial charge in [0.15, 0.2) is 0 Å². The molecule has 4 rings (SSSR count). The Kier molecular flexibility index (Phi) is 5.15. The second-order valence-corrected chi connectivity index (χ2v) is 7.34. The minimum absolute atomic E-state index is 0.0507. The van der Waals surface area contributed by atoms with Gasteiger partial charge < -0.3 is 0 Å². The second kappa shape index (κ2) is 8.06. The van der Waals surface area contributed by atoms with Gasteiger partial charge in [-0.25, -0.2) is 0 Å². The van der Waals surface area contributed by atoms with Gasteiger partial charge in [-0.2, -0.15) is 5.26 Å². The molecule has 0 fully saturated rings. The maximum atomic E-state index is 12.4. The fourth-order valence-corrected chi connectivity index (χ4v) is 3.64. The molecule has 0 radical (unpaired) electrons. The van der Waals surface area contributed by atoms with E-state index in [9.17, 15) is 19.6 Å². The van der Waals surface area contributed by atoms with Crippen molar-refractivity contribution in [1.29, 1.82) is 5.26 Å². The average Bonchev–Trinajstić information content (AvgIpc) is 3.31. The van der Waals surface area contributed by atoms with Crippen LogP contribution in [-0.4, -0.2) is 32.8 Å². The largest absolute Gasteiger partial charge is 0.296 e. The number of benzene rings is 2. The van der Waals surface area contributed by atoms with Crippen LogP contribution in [0.4, 0.5) is 5.13 Å². The summed E-state index contributed by atoms with van der Waals surface area (Å²) in [5.41, 5.74) is 1.33. The Balaban J connectivity index is 1.46. The summed E-state index contributed by atoms with van der Waals surface area (Å²) in [5, 5.41) is 20.2. The molecular weight excluding hydrogens is 402 g/mol. The highest BCUT2D eigenvalue weighted by Gasteiger charge is 2.35. The lowest BCUT2D eigenvalue weighted by molar-refractivity contribution is -0.112. The zero-order valence-electron chi connectivity index (χ0n) is 15.4. The van der Waals surface area contributed by atoms with E-state index in [4.69, 9.17) is 0 Å². The summed E-state index contributed by atoms with van der Waals surface area (Å²) in [4.78, 5) is 38.4. The first-order valence-corrected chi connectivity index (χ1v) is 9.64. The van der Waals surface area contributed by atoms with Gasteiger partial charge in [0, 0.05) is 0 Å². The number of nitrogens with one attached hydrogen (secondary N) is 1. The number of carbonyl (C=O) groups excluding carboxylic acids is 3. The van der Waals surface area contributed by atoms with Gasteiger partial charge in [-0.05, 0) is 23.8 Å². The third kappa shape index (κ3) is 3.72. The van der Waals surface area contributed by atoms with Crippen molar-refractivity contribution in [3.63, 3.8) is 0 Å². The molecule has 1 aliphatic heterocycles. The first kappa shape index (κ1) is 19.2. The minimum Gasteiger partial charge on any atom is -0.296 e. The molecule has 0 unspecified atom stereocenters. The number of imide groups is 1. The summed E-state index contributed by atoms with van der Waals surface area (Å²) in [7, 11) is 0. The van der Waals surface area contributed by atoms with Crippen molar-refractivity contribution in [2.24, 2.45) is 0 Å². The van der Waals surface area contributed by atoms with Crippen LogP contribution < -0.4 is 5.32 Å². The number of anilines is 1. The third-order valence-electron chi connectivity index (χ3n) is 4.33. The first-order chi connectivity index (χ1) is 14.6. The van der Waals surface area contributed by atoms with E-state index in [1.54, 1.807) is 48.5 Å². The number of hydrogen-bond acceptors (Lipinski definition) is 7. The second-order valence-electron chi connectivity index (χ2n) is 6.28. The molecule has 3 amide bonds. The number of hydrogen-bond donors (Lipinski definition) is 1. The fourth-order valence-electron chi connectivity index (χ4n) is 2.91. The Morgan fingerprint density at radius 2 is 1.67 bits per heavy atom. The minimum atomic E-state index is -0.621. The van der Waals surface area contributed by atoms with Gasteiger partial charge in [0.05, 0.1) is 17.7 Å². The summed E-state index contributed by atoms with van der Waals surface area (Å²) in [6.07, 6.45) is 1.47. The Bertz CT molecular complexity index is 1190. The quantitative estimate of drug-likeness (QED) is 0.389. The van der Waals surface area contributed by atoms with E-state index in [0.29, 0.717) is 21.7 Å². The van der Waals surface area contributed by atoms with Gasteiger partial charge in [0.25, 0.3) is 17.7 Å². The predicted octanol–water partition coefficient (Wildman–Crippen LogP) is 2.88. The van der Waals surface area contributed by atoms with Crippen LogP contribution in [0.1, 0.15) is 31.3 Å². The molecule has 8 nitrogen and oxygen atoms in total. The summed E-state index contributed by atoms with van der Waals surface area (Å²) < 4.78 is 0. The molecule has 0 aliphatic carbocycles. The molecular formula is C21H13N5O3S. The van der Waals surface area contributed by atoms with Crippen molar-refractivity contribution in [2.75, 3.05) is 5.32 Å². The Hall–Kier alpha value is -4.16. The number of rotatable bonds is 5. The van der Waals surface area contributed by atoms with Crippen LogP contribution >= 0.6 is 11.3 Å². The van der Waals surface area contributed by atoms with Gasteiger partial charge in [-0.3, -0.25) is 24.6 Å². The zero-order chi connectivity index (χ0) is 21.1. The van der Waals surface area contributed by atoms with Gasteiger partial charge in [-0.1, -0.05) is 53.8 Å². The van der Waals surface area contributed by atoms with E-state index in [2.05, 4.69) is 15.5 Å². The lowest BCUT2D eigenvalue weighted by atomic mass is 10.1. The van der Waals surface area contributed by atoms with Crippen LogP contribution in [0.3, 0.4) is 0 Å². The number of nitrogens with zero attached hydrogens (tertiary/aromatic N) is 4. The zero-order valence-corrected chi connectivity index (χ0v) is 16.2. The van der Waals surface area contributed by atoms with Gasteiger partial charge >= 0.3 is 0 Å². The highest BCUT2D eigenvalue weighted by molar-refractivity contribution is 7.15. The molecule has 0 atom stereocenters. The van der Waals surface area contributed by atoms with Crippen molar-refractivity contribution < 1.29 is 14.4 Å². The number of fused-ring (bicyclic) bond motifs is 1. The molecule has 0 bridgehead atoms. The van der Waals surface area contributed by atoms with E-state index >= 15 is 0 Å². The van der Waals surface area contributed by atoms with Gasteiger partial charge in [0.2, 0.25) is 5.13 Å². The Morgan fingerprint density at radius 3 is 2.30 bits per heavy atom. The van der Waals surface area contributed by atoms with E-state index in [0.717, 1.165) is 16.2 Å². The smallest absolute Gasteiger partial charge is 0.268 e. The lowest BCUT2D eigenvalue weighted by Gasteiger charge is -2.10. The average molecular weight is 415 g/mol. The van der Waals surface area contributed by atoms with Crippen LogP contribution in [-0.2, 0) is 11.3 Å². The summed E-state index contributed by atoms with van der Waals surface area (Å²) in [6, 6.07) is 17.4. The molecule has 1 N–H and O–H groups in total. The molecule has 9 heteroatoms. The SMILES string of the molecule is N#C/C(=C\c1ccccc1)C(=O)Nc1nnc(CN2C(=O)c3ccccc3C2=O)s1. The van der Waals surface area contributed by atoms with E-state index < -0.39 is 17.7 Å². The predicted molar refractivity (Wildman–Crippen MR) is 109 cm³/mol. The van der Waals surface area contributed by atoms with E-state index in [1.165, 1.54) is 6.08 Å². The van der Waals surface area contributed by atoms with Crippen LogP contribution in [0.25, 0.3) is 6.08 Å². The maximum absolute atomic E-state index is 12.4. The van der Waals surface area contributed by atoms with Gasteiger partial charge in [0.1, 0.15) is 16.6 Å². The molecule has 1 aromatic heterocycles. The molecule has 2 heterocycles. The van der Waals surface area contributed by atoms with Crippen molar-refractivity contribution in [1.82, 2.24) is 15.1 Å². The first-order valence-electron chi connectivity index (χ1n) is 8.82. The topological polar surface area (TPSA) is 116 Å². The lowest BCUT2D eigenvalue weighted by Crippen LogP contribution is -2.29. The standard InChI is InChI=1S/C21H13N5O3S/c22-11-14(10-13-6-2-1-3-7-13)18(27)23-21-25-24-17(30-21)12-26-19(28)15-8-4-5-9-16(15)20(26)29/h1-10H,12H2,(H,23,25,27)/b14-10+. The highest BCUT2D eigenvalue weighted by atomic mass is 32.1. The van der Waals surface area contributed by atoms with Crippen molar-refractivity contribution in [2.45, 2.75) is 6.54 Å². The number of carbonyl (C=O) groups is 3. The van der Waals surface area contributed by atoms with Crippen LogP contribution in [0, 0.1) is 11.3 Å². The van der Waals surface area contributed by atoms with Crippen LogP contribution in [0.15, 0.2) is 60.2 Å². The molecule has 3 aromatic rings.